The van der Waals surface area contributed by atoms with Crippen LogP contribution in [0.5, 0.6) is 11.5 Å². The highest BCUT2D eigenvalue weighted by atomic mass is 35.5. The molecule has 2 aromatic rings. The molecule has 0 unspecified atom stereocenters. The van der Waals surface area contributed by atoms with Crippen molar-refractivity contribution in [2.75, 3.05) is 50.6 Å². The average molecular weight is 545 g/mol. The highest BCUT2D eigenvalue weighted by Gasteiger charge is 2.44. The first-order valence-electron chi connectivity index (χ1n) is 12.4. The molecule has 0 saturated carbocycles. The minimum Gasteiger partial charge on any atom is -0.497 e. The summed E-state index contributed by atoms with van der Waals surface area (Å²) in [5.41, 5.74) is 1.18. The van der Waals surface area contributed by atoms with Gasteiger partial charge in [0.05, 0.1) is 31.4 Å². The van der Waals surface area contributed by atoms with Gasteiger partial charge in [-0.2, -0.15) is 0 Å². The number of piperidine rings is 1. The second-order valence-corrected chi connectivity index (χ2v) is 10.3. The van der Waals surface area contributed by atoms with Crippen molar-refractivity contribution < 1.29 is 19.1 Å². The number of amides is 2. The van der Waals surface area contributed by atoms with Crippen molar-refractivity contribution >= 4 is 52.1 Å². The molecule has 198 valence electrons. The van der Waals surface area contributed by atoms with Crippen LogP contribution >= 0.6 is 23.8 Å². The molecule has 37 heavy (non-hydrogen) atoms. The lowest BCUT2D eigenvalue weighted by Crippen LogP contribution is -2.44. The molecule has 0 radical (unpaired) electrons. The quantitative estimate of drug-likeness (QED) is 0.468. The average Bonchev–Trinajstić information content (AvgIpc) is 3.12. The third-order valence-corrected chi connectivity index (χ3v) is 7.71. The van der Waals surface area contributed by atoms with Gasteiger partial charge in [-0.15, -0.1) is 0 Å². The summed E-state index contributed by atoms with van der Waals surface area (Å²) in [4.78, 5) is 32.4. The molecule has 0 aliphatic carbocycles. The summed E-state index contributed by atoms with van der Waals surface area (Å²) in [6.07, 6.45) is 2.30. The van der Waals surface area contributed by atoms with E-state index in [4.69, 9.17) is 33.3 Å². The number of nitrogens with one attached hydrogen (secondary N) is 1. The lowest BCUT2D eigenvalue weighted by Gasteiger charge is -2.32. The van der Waals surface area contributed by atoms with Crippen LogP contribution in [0.3, 0.4) is 0 Å². The number of nitrogens with zero attached hydrogens (tertiary/aromatic N) is 3. The lowest BCUT2D eigenvalue weighted by atomic mass is 9.99. The number of ether oxygens (including phenoxy) is 2. The zero-order valence-electron chi connectivity index (χ0n) is 21.4. The number of benzene rings is 2. The molecule has 2 fully saturated rings. The van der Waals surface area contributed by atoms with Crippen molar-refractivity contribution in [2.45, 2.75) is 32.2 Å². The van der Waals surface area contributed by atoms with Crippen LogP contribution in [0.2, 0.25) is 5.02 Å². The predicted octanol–water partition coefficient (Wildman–Crippen LogP) is 4.42. The van der Waals surface area contributed by atoms with E-state index < -0.39 is 6.04 Å². The van der Waals surface area contributed by atoms with Gasteiger partial charge in [0, 0.05) is 18.8 Å². The first kappa shape index (κ1) is 27.2. The fourth-order valence-corrected chi connectivity index (χ4v) is 5.38. The van der Waals surface area contributed by atoms with Crippen LogP contribution in [0, 0.1) is 5.92 Å². The van der Waals surface area contributed by atoms with E-state index in [1.807, 2.05) is 4.90 Å². The summed E-state index contributed by atoms with van der Waals surface area (Å²) >= 11 is 12.1. The van der Waals surface area contributed by atoms with Crippen LogP contribution in [-0.2, 0) is 9.59 Å². The molecule has 2 aliphatic heterocycles. The van der Waals surface area contributed by atoms with E-state index in [0.717, 1.165) is 38.4 Å². The second-order valence-electron chi connectivity index (χ2n) is 9.49. The number of carbonyl (C=O) groups excluding carboxylic acids is 2. The predicted molar refractivity (Wildman–Crippen MR) is 150 cm³/mol. The fraction of sp³-hybridized carbons (Fsp3) is 0.444. The van der Waals surface area contributed by atoms with Gasteiger partial charge in [0.1, 0.15) is 17.5 Å². The maximum Gasteiger partial charge on any atom is 0.256 e. The van der Waals surface area contributed by atoms with Crippen LogP contribution in [0.25, 0.3) is 0 Å². The smallest absolute Gasteiger partial charge is 0.256 e. The van der Waals surface area contributed by atoms with Gasteiger partial charge in [0.2, 0.25) is 5.91 Å². The van der Waals surface area contributed by atoms with Crippen molar-refractivity contribution in [1.82, 2.24) is 9.80 Å². The van der Waals surface area contributed by atoms with E-state index in [2.05, 4.69) is 17.1 Å². The normalized spacial score (nSPS) is 18.9. The van der Waals surface area contributed by atoms with Gasteiger partial charge in [-0.1, -0.05) is 18.5 Å². The number of hydrogen-bond acceptors (Lipinski definition) is 6. The van der Waals surface area contributed by atoms with Crippen molar-refractivity contribution in [2.24, 2.45) is 5.92 Å². The molecule has 0 aromatic heterocycles. The topological polar surface area (TPSA) is 74.3 Å². The minimum absolute atomic E-state index is 0.0254. The van der Waals surface area contributed by atoms with Gasteiger partial charge in [-0.25, -0.2) is 0 Å². The number of likely N-dealkylation sites (tertiary alicyclic amines) is 1. The molecule has 2 amide bonds. The summed E-state index contributed by atoms with van der Waals surface area (Å²) in [5, 5.41) is 3.64. The van der Waals surface area contributed by atoms with Gasteiger partial charge in [-0.05, 0) is 86.5 Å². The molecule has 2 saturated heterocycles. The van der Waals surface area contributed by atoms with E-state index in [1.165, 1.54) is 12.0 Å². The molecule has 2 heterocycles. The van der Waals surface area contributed by atoms with E-state index in [9.17, 15) is 9.59 Å². The van der Waals surface area contributed by atoms with Crippen LogP contribution in [0.1, 0.15) is 26.2 Å². The Morgan fingerprint density at radius 3 is 2.41 bits per heavy atom. The van der Waals surface area contributed by atoms with Crippen molar-refractivity contribution in [3.63, 3.8) is 0 Å². The Morgan fingerprint density at radius 2 is 1.78 bits per heavy atom. The first-order chi connectivity index (χ1) is 17.8. The molecule has 1 atom stereocenters. The SMILES string of the molecule is COc1ccc(NC(=O)C[C@H]2C(=O)N(c3ccc(OC)c(Cl)c3)C(=S)N2CCN2CCC(C)CC2)cc1. The Balaban J connectivity index is 1.52. The van der Waals surface area contributed by atoms with E-state index >= 15 is 0 Å². The molecule has 8 nitrogen and oxygen atoms in total. The van der Waals surface area contributed by atoms with E-state index in [-0.39, 0.29) is 18.2 Å². The maximum atomic E-state index is 13.7. The molecule has 10 heteroatoms. The molecule has 1 N–H and O–H groups in total. The van der Waals surface area contributed by atoms with Gasteiger partial charge >= 0.3 is 0 Å². The lowest BCUT2D eigenvalue weighted by molar-refractivity contribution is -0.124. The monoisotopic (exact) mass is 544 g/mol. The number of thiocarbonyl (C=S) groups is 1. The zero-order chi connectivity index (χ0) is 26.5. The largest absolute Gasteiger partial charge is 0.497 e. The maximum absolute atomic E-state index is 13.7. The highest BCUT2D eigenvalue weighted by molar-refractivity contribution is 7.80. The van der Waals surface area contributed by atoms with Crippen LogP contribution in [0.15, 0.2) is 42.5 Å². The van der Waals surface area contributed by atoms with Crippen LogP contribution in [-0.4, -0.2) is 73.2 Å². The molecule has 4 rings (SSSR count). The van der Waals surface area contributed by atoms with Crippen LogP contribution < -0.4 is 19.7 Å². The van der Waals surface area contributed by atoms with Gasteiger partial charge < -0.3 is 24.6 Å². The Hall–Kier alpha value is -2.88. The minimum atomic E-state index is -0.713. The van der Waals surface area contributed by atoms with E-state index in [0.29, 0.717) is 39.6 Å². The van der Waals surface area contributed by atoms with Gasteiger partial charge in [0.15, 0.2) is 5.11 Å². The summed E-state index contributed by atoms with van der Waals surface area (Å²) < 4.78 is 10.4. The zero-order valence-corrected chi connectivity index (χ0v) is 23.0. The number of methoxy groups -OCH3 is 2. The second kappa shape index (κ2) is 12.1. The summed E-state index contributed by atoms with van der Waals surface area (Å²) in [7, 11) is 3.12. The summed E-state index contributed by atoms with van der Waals surface area (Å²) in [5.74, 6) is 1.42. The first-order valence-corrected chi connectivity index (χ1v) is 13.2. The Bertz CT molecular complexity index is 1140. The third-order valence-electron chi connectivity index (χ3n) is 7.00. The number of halogens is 1. The van der Waals surface area contributed by atoms with Crippen molar-refractivity contribution in [3.05, 3.63) is 47.5 Å². The Kier molecular flexibility index (Phi) is 8.89. The standard InChI is InChI=1S/C27H33ClN4O4S/c1-18-10-12-30(13-11-18)14-15-31-23(17-25(33)29-19-4-7-21(35-2)8-5-19)26(34)32(27(31)37)20-6-9-24(36-3)22(28)16-20/h4-9,16,18,23H,10-15,17H2,1-3H3,(H,29,33)/t23-/m0/s1. The summed E-state index contributed by atoms with van der Waals surface area (Å²) in [6.45, 7) is 5.65. The molecule has 2 aliphatic rings. The molecule has 0 spiro atoms. The number of carbonyl (C=O) groups is 2. The third kappa shape index (κ3) is 6.34. The Labute approximate surface area is 228 Å². The molecular formula is C27H33ClN4O4S. The molecular weight excluding hydrogens is 512 g/mol. The van der Waals surface area contributed by atoms with Crippen LogP contribution in [0.4, 0.5) is 11.4 Å². The Morgan fingerprint density at radius 1 is 1.08 bits per heavy atom. The van der Waals surface area contributed by atoms with Gasteiger partial charge in [0.25, 0.3) is 5.91 Å². The molecule has 0 bridgehead atoms. The van der Waals surface area contributed by atoms with Crippen molar-refractivity contribution in [3.8, 4) is 11.5 Å². The number of anilines is 2. The van der Waals surface area contributed by atoms with E-state index in [1.54, 1.807) is 49.6 Å². The van der Waals surface area contributed by atoms with Crippen molar-refractivity contribution in [1.29, 1.82) is 0 Å². The number of hydrogen-bond donors (Lipinski definition) is 1. The highest BCUT2D eigenvalue weighted by Crippen LogP contribution is 2.33. The number of rotatable bonds is 9. The summed E-state index contributed by atoms with van der Waals surface area (Å²) in [6, 6.07) is 11.5. The van der Waals surface area contributed by atoms with Gasteiger partial charge in [-0.3, -0.25) is 14.5 Å². The fourth-order valence-electron chi connectivity index (χ4n) is 4.72. The molecule has 2 aromatic carbocycles.